The van der Waals surface area contributed by atoms with E-state index in [4.69, 9.17) is 33.7 Å². The molecule has 2 aromatic carbocycles. The minimum atomic E-state index is -1.08. The predicted molar refractivity (Wildman–Crippen MR) is 124 cm³/mol. The Hall–Kier alpha value is -2.48. The summed E-state index contributed by atoms with van der Waals surface area (Å²) in [6.45, 7) is 6.27. The van der Waals surface area contributed by atoms with E-state index in [-0.39, 0.29) is 12.1 Å². The Morgan fingerprint density at radius 3 is 2.71 bits per heavy atom. The van der Waals surface area contributed by atoms with Crippen molar-refractivity contribution in [3.05, 3.63) is 57.8 Å². The number of aryl methyl sites for hydroxylation is 1. The van der Waals surface area contributed by atoms with Crippen molar-refractivity contribution in [1.82, 2.24) is 14.9 Å². The van der Waals surface area contributed by atoms with Crippen LogP contribution in [0.5, 0.6) is 0 Å². The summed E-state index contributed by atoms with van der Waals surface area (Å²) in [6, 6.07) is 10.3. The standard InChI is InChI=1S/C22H26Cl2N4O3/c1-22(2,3)27-21(30)31-11-5-10-28-18-16(25)6-4-7-17(18)26-20(28)19(29)14-9-8-13(23)12-15(14)24/h4,6-9,12,19,29H,5,10-11,25H2,1-3H3,(H,27,30). The maximum atomic E-state index is 11.9. The van der Waals surface area contributed by atoms with E-state index >= 15 is 0 Å². The molecule has 3 aromatic rings. The first-order chi connectivity index (χ1) is 14.6. The number of amides is 1. The number of benzene rings is 2. The van der Waals surface area contributed by atoms with Gasteiger partial charge in [0.15, 0.2) is 0 Å². The van der Waals surface area contributed by atoms with E-state index in [1.807, 2.05) is 31.4 Å². The molecule has 31 heavy (non-hydrogen) atoms. The minimum Gasteiger partial charge on any atom is -0.449 e. The van der Waals surface area contributed by atoms with Crippen molar-refractivity contribution in [3.63, 3.8) is 0 Å². The smallest absolute Gasteiger partial charge is 0.407 e. The van der Waals surface area contributed by atoms with Crippen LogP contribution in [0.15, 0.2) is 36.4 Å². The Morgan fingerprint density at radius 2 is 2.03 bits per heavy atom. The molecule has 0 aliphatic heterocycles. The summed E-state index contributed by atoms with van der Waals surface area (Å²) in [4.78, 5) is 16.5. The van der Waals surface area contributed by atoms with Crippen LogP contribution in [0.25, 0.3) is 11.0 Å². The first-order valence-electron chi connectivity index (χ1n) is 9.89. The number of nitrogens with zero attached hydrogens (tertiary/aromatic N) is 2. The number of anilines is 1. The first kappa shape index (κ1) is 23.2. The van der Waals surface area contributed by atoms with Gasteiger partial charge in [-0.2, -0.15) is 0 Å². The van der Waals surface area contributed by atoms with Gasteiger partial charge in [0.2, 0.25) is 0 Å². The summed E-state index contributed by atoms with van der Waals surface area (Å²) in [7, 11) is 0. The molecule has 1 atom stereocenters. The highest BCUT2D eigenvalue weighted by molar-refractivity contribution is 6.35. The molecule has 166 valence electrons. The molecule has 0 radical (unpaired) electrons. The number of ether oxygens (including phenoxy) is 1. The number of fused-ring (bicyclic) bond motifs is 1. The third kappa shape index (κ3) is 5.61. The zero-order chi connectivity index (χ0) is 22.8. The number of hydrogen-bond acceptors (Lipinski definition) is 5. The average Bonchev–Trinajstić information content (AvgIpc) is 3.03. The van der Waals surface area contributed by atoms with Crippen LogP contribution in [-0.2, 0) is 11.3 Å². The number of halogens is 2. The molecule has 0 aliphatic carbocycles. The summed E-state index contributed by atoms with van der Waals surface area (Å²) in [5.41, 5.74) is 8.22. The van der Waals surface area contributed by atoms with Crippen molar-refractivity contribution in [1.29, 1.82) is 0 Å². The third-order valence-corrected chi connectivity index (χ3v) is 5.13. The molecular weight excluding hydrogens is 439 g/mol. The number of hydrogen-bond donors (Lipinski definition) is 3. The number of imidazole rings is 1. The molecule has 1 amide bonds. The van der Waals surface area contributed by atoms with Crippen LogP contribution in [-0.4, -0.2) is 32.9 Å². The van der Waals surface area contributed by atoms with Crippen molar-refractivity contribution in [3.8, 4) is 0 Å². The number of carbonyl (C=O) groups excluding carboxylic acids is 1. The molecule has 4 N–H and O–H groups in total. The molecule has 1 aromatic heterocycles. The lowest BCUT2D eigenvalue weighted by atomic mass is 10.1. The van der Waals surface area contributed by atoms with Gasteiger partial charge in [0.05, 0.1) is 23.3 Å². The molecule has 0 aliphatic rings. The zero-order valence-corrected chi connectivity index (χ0v) is 19.2. The van der Waals surface area contributed by atoms with Crippen LogP contribution in [0.4, 0.5) is 10.5 Å². The molecule has 0 fully saturated rings. The molecule has 1 unspecified atom stereocenters. The number of alkyl carbamates (subject to hydrolysis) is 1. The fourth-order valence-electron chi connectivity index (χ4n) is 3.26. The number of para-hydroxylation sites is 1. The normalized spacial score (nSPS) is 12.7. The molecule has 0 saturated carbocycles. The number of rotatable bonds is 6. The molecular formula is C22H26Cl2N4O3. The maximum absolute atomic E-state index is 11.9. The first-order valence-corrected chi connectivity index (χ1v) is 10.6. The highest BCUT2D eigenvalue weighted by Crippen LogP contribution is 2.33. The van der Waals surface area contributed by atoms with Gasteiger partial charge in [-0.3, -0.25) is 0 Å². The second kappa shape index (κ2) is 9.34. The number of nitrogens with two attached hydrogens (primary N) is 1. The van der Waals surface area contributed by atoms with Crippen molar-refractivity contribution < 1.29 is 14.6 Å². The number of carbonyl (C=O) groups is 1. The molecule has 7 nitrogen and oxygen atoms in total. The van der Waals surface area contributed by atoms with Gasteiger partial charge in [-0.1, -0.05) is 35.3 Å². The number of aromatic nitrogens is 2. The molecule has 9 heteroatoms. The van der Waals surface area contributed by atoms with E-state index in [2.05, 4.69) is 10.3 Å². The molecule has 1 heterocycles. The lowest BCUT2D eigenvalue weighted by molar-refractivity contribution is 0.134. The van der Waals surface area contributed by atoms with Crippen molar-refractivity contribution in [2.24, 2.45) is 0 Å². The second-order valence-corrected chi connectivity index (χ2v) is 9.11. The van der Waals surface area contributed by atoms with Gasteiger partial charge in [0, 0.05) is 27.7 Å². The second-order valence-electron chi connectivity index (χ2n) is 8.27. The van der Waals surface area contributed by atoms with Gasteiger partial charge in [-0.15, -0.1) is 0 Å². The minimum absolute atomic E-state index is 0.200. The molecule has 0 saturated heterocycles. The summed E-state index contributed by atoms with van der Waals surface area (Å²) in [6.07, 6.45) is -1.05. The zero-order valence-electron chi connectivity index (χ0n) is 17.7. The van der Waals surface area contributed by atoms with Crippen molar-refractivity contribution in [2.45, 2.75) is 45.4 Å². The van der Waals surface area contributed by atoms with Gasteiger partial charge in [0.1, 0.15) is 11.9 Å². The van der Waals surface area contributed by atoms with E-state index in [0.717, 1.165) is 0 Å². The van der Waals surface area contributed by atoms with Crippen LogP contribution >= 0.6 is 23.2 Å². The quantitative estimate of drug-likeness (QED) is 0.354. The fraction of sp³-hybridized carbons (Fsp3) is 0.364. The summed E-state index contributed by atoms with van der Waals surface area (Å²) < 4.78 is 7.10. The lowest BCUT2D eigenvalue weighted by Crippen LogP contribution is -2.41. The van der Waals surface area contributed by atoms with Gasteiger partial charge in [-0.25, -0.2) is 9.78 Å². The number of aliphatic hydroxyl groups excluding tert-OH is 1. The van der Waals surface area contributed by atoms with Crippen molar-refractivity contribution in [2.75, 3.05) is 12.3 Å². The predicted octanol–water partition coefficient (Wildman–Crippen LogP) is 4.92. The Labute approximate surface area is 191 Å². The summed E-state index contributed by atoms with van der Waals surface area (Å²) in [5.74, 6) is 0.399. The highest BCUT2D eigenvalue weighted by Gasteiger charge is 2.23. The Morgan fingerprint density at radius 1 is 1.29 bits per heavy atom. The SMILES string of the molecule is CC(C)(C)NC(=O)OCCCn1c(C(O)c2ccc(Cl)cc2Cl)nc2cccc(N)c21. The Balaban J connectivity index is 1.85. The average molecular weight is 465 g/mol. The topological polar surface area (TPSA) is 102 Å². The van der Waals surface area contributed by atoms with Crippen LogP contribution < -0.4 is 11.1 Å². The fourth-order valence-corrected chi connectivity index (χ4v) is 3.77. The molecule has 0 bridgehead atoms. The van der Waals surface area contributed by atoms with Gasteiger partial charge in [0.25, 0.3) is 0 Å². The van der Waals surface area contributed by atoms with E-state index in [1.54, 1.807) is 30.3 Å². The van der Waals surface area contributed by atoms with Gasteiger partial charge < -0.3 is 25.5 Å². The van der Waals surface area contributed by atoms with Crippen LogP contribution in [0.2, 0.25) is 10.0 Å². The van der Waals surface area contributed by atoms with Crippen LogP contribution in [0, 0.1) is 0 Å². The largest absolute Gasteiger partial charge is 0.449 e. The van der Waals surface area contributed by atoms with Gasteiger partial charge >= 0.3 is 6.09 Å². The number of aliphatic hydroxyl groups is 1. The number of nitrogen functional groups attached to an aromatic ring is 1. The Kier molecular flexibility index (Phi) is 6.99. The van der Waals surface area contributed by atoms with E-state index in [1.165, 1.54) is 0 Å². The monoisotopic (exact) mass is 464 g/mol. The maximum Gasteiger partial charge on any atom is 0.407 e. The van der Waals surface area contributed by atoms with Crippen molar-refractivity contribution >= 4 is 46.0 Å². The molecule has 0 spiro atoms. The van der Waals surface area contributed by atoms with Crippen LogP contribution in [0.1, 0.15) is 44.7 Å². The summed E-state index contributed by atoms with van der Waals surface area (Å²) >= 11 is 12.3. The van der Waals surface area contributed by atoms with E-state index < -0.39 is 12.2 Å². The van der Waals surface area contributed by atoms with Crippen LogP contribution in [0.3, 0.4) is 0 Å². The van der Waals surface area contributed by atoms with Gasteiger partial charge in [-0.05, 0) is 51.5 Å². The third-order valence-electron chi connectivity index (χ3n) is 4.57. The lowest BCUT2D eigenvalue weighted by Gasteiger charge is -2.20. The Bertz CT molecular complexity index is 1090. The molecule has 3 rings (SSSR count). The summed E-state index contributed by atoms with van der Waals surface area (Å²) in [5, 5.41) is 14.6. The van der Waals surface area contributed by atoms with E-state index in [9.17, 15) is 9.90 Å². The highest BCUT2D eigenvalue weighted by atomic mass is 35.5. The number of nitrogens with one attached hydrogen (secondary N) is 1. The van der Waals surface area contributed by atoms with E-state index in [0.29, 0.717) is 51.1 Å².